The van der Waals surface area contributed by atoms with Gasteiger partial charge < -0.3 is 14.4 Å². The molecule has 2 aromatic carbocycles. The van der Waals surface area contributed by atoms with E-state index in [2.05, 4.69) is 0 Å². The fraction of sp³-hybridized carbons (Fsp3) is 0.273. The molecule has 2 fully saturated rings. The number of carbonyl (C=O) groups is 4. The number of rotatable bonds is 4. The molecule has 0 bridgehead atoms. The van der Waals surface area contributed by atoms with Gasteiger partial charge in [0.1, 0.15) is 12.7 Å². The Morgan fingerprint density at radius 1 is 0.839 bits per heavy atom. The predicted octanol–water partition coefficient (Wildman–Crippen LogP) is 1.67. The zero-order valence-electron chi connectivity index (χ0n) is 16.5. The maximum Gasteiger partial charge on any atom is 0.414 e. The Labute approximate surface area is 177 Å². The summed E-state index contributed by atoms with van der Waals surface area (Å²) in [6.45, 7) is 1.22. The number of hydrogen-bond acceptors (Lipinski definition) is 6. The van der Waals surface area contributed by atoms with Crippen molar-refractivity contribution >= 4 is 35.2 Å². The molecule has 3 aliphatic heterocycles. The second-order valence-electron chi connectivity index (χ2n) is 7.50. The maximum atomic E-state index is 12.6. The van der Waals surface area contributed by atoms with Gasteiger partial charge in [-0.25, -0.2) is 4.79 Å². The van der Waals surface area contributed by atoms with Crippen molar-refractivity contribution in [1.29, 1.82) is 0 Å². The van der Waals surface area contributed by atoms with E-state index in [0.717, 1.165) is 10.6 Å². The molecule has 5 rings (SSSR count). The number of fused-ring (bicyclic) bond motifs is 1. The summed E-state index contributed by atoms with van der Waals surface area (Å²) in [5.74, 6) is -0.871. The Morgan fingerprint density at radius 3 is 2.06 bits per heavy atom. The number of ether oxygens (including phenoxy) is 2. The van der Waals surface area contributed by atoms with Gasteiger partial charge in [-0.2, -0.15) is 0 Å². The lowest BCUT2D eigenvalue weighted by molar-refractivity contribution is -0.125. The second kappa shape index (κ2) is 7.51. The smallest absolute Gasteiger partial charge is 0.414 e. The Morgan fingerprint density at radius 2 is 1.45 bits per heavy atom. The molecule has 0 saturated carbocycles. The minimum absolute atomic E-state index is 0.00501. The normalized spacial score (nSPS) is 21.0. The summed E-state index contributed by atoms with van der Waals surface area (Å²) in [5, 5.41) is 0. The lowest BCUT2D eigenvalue weighted by Gasteiger charge is -2.27. The van der Waals surface area contributed by atoms with Crippen molar-refractivity contribution in [2.45, 2.75) is 6.10 Å². The third-order valence-electron chi connectivity index (χ3n) is 5.60. The highest BCUT2D eigenvalue weighted by Crippen LogP contribution is 2.28. The Balaban J connectivity index is 1.27. The van der Waals surface area contributed by atoms with E-state index in [1.165, 1.54) is 4.90 Å². The molecule has 31 heavy (non-hydrogen) atoms. The third kappa shape index (κ3) is 3.32. The number of amides is 4. The molecule has 158 valence electrons. The molecule has 3 aliphatic rings. The van der Waals surface area contributed by atoms with E-state index in [1.54, 1.807) is 53.4 Å². The maximum absolute atomic E-state index is 12.6. The average molecular weight is 421 g/mol. The minimum atomic E-state index is -0.629. The van der Waals surface area contributed by atoms with Crippen LogP contribution in [0.4, 0.5) is 16.2 Å². The van der Waals surface area contributed by atoms with E-state index < -0.39 is 12.2 Å². The highest BCUT2D eigenvalue weighted by atomic mass is 16.6. The molecule has 2 aromatic rings. The third-order valence-corrected chi connectivity index (χ3v) is 5.60. The number of anilines is 2. The van der Waals surface area contributed by atoms with Crippen LogP contribution in [0.25, 0.3) is 0 Å². The SMILES string of the molecule is O=C1c2ccccc2C(=O)N1C[C@@H]1CN(c2ccc(N3CCOCC3=O)cc2)C(=O)O1. The fourth-order valence-corrected chi connectivity index (χ4v) is 4.04. The van der Waals surface area contributed by atoms with Crippen molar-refractivity contribution in [3.05, 3.63) is 59.7 Å². The van der Waals surface area contributed by atoms with E-state index in [9.17, 15) is 19.2 Å². The van der Waals surface area contributed by atoms with Crippen LogP contribution in [-0.2, 0) is 14.3 Å². The first-order valence-electron chi connectivity index (χ1n) is 9.94. The molecule has 0 aromatic heterocycles. The number of hydrogen-bond donors (Lipinski definition) is 0. The summed E-state index contributed by atoms with van der Waals surface area (Å²) in [7, 11) is 0. The molecule has 4 amide bonds. The molecule has 1 atom stereocenters. The predicted molar refractivity (Wildman–Crippen MR) is 109 cm³/mol. The van der Waals surface area contributed by atoms with E-state index in [4.69, 9.17) is 9.47 Å². The molecule has 9 heteroatoms. The molecular formula is C22H19N3O6. The lowest BCUT2D eigenvalue weighted by Crippen LogP contribution is -2.41. The van der Waals surface area contributed by atoms with Gasteiger partial charge >= 0.3 is 6.09 Å². The van der Waals surface area contributed by atoms with Crippen LogP contribution in [0.3, 0.4) is 0 Å². The molecule has 0 N–H and O–H groups in total. The van der Waals surface area contributed by atoms with E-state index in [0.29, 0.717) is 30.0 Å². The molecule has 0 aliphatic carbocycles. The van der Waals surface area contributed by atoms with Crippen molar-refractivity contribution in [2.75, 3.05) is 42.6 Å². The van der Waals surface area contributed by atoms with Crippen LogP contribution in [-0.4, -0.2) is 67.7 Å². The van der Waals surface area contributed by atoms with Crippen LogP contribution in [0.5, 0.6) is 0 Å². The van der Waals surface area contributed by atoms with Crippen molar-refractivity contribution in [2.24, 2.45) is 0 Å². The van der Waals surface area contributed by atoms with Gasteiger partial charge in [-0.05, 0) is 36.4 Å². The Kier molecular flexibility index (Phi) is 4.67. The van der Waals surface area contributed by atoms with Gasteiger partial charge in [0.05, 0.1) is 30.8 Å². The van der Waals surface area contributed by atoms with Crippen LogP contribution in [0.15, 0.2) is 48.5 Å². The van der Waals surface area contributed by atoms with Crippen LogP contribution >= 0.6 is 0 Å². The monoisotopic (exact) mass is 421 g/mol. The summed E-state index contributed by atoms with van der Waals surface area (Å²) >= 11 is 0. The first kappa shape index (κ1) is 19.3. The quantitative estimate of drug-likeness (QED) is 0.697. The summed E-state index contributed by atoms with van der Waals surface area (Å²) in [6, 6.07) is 13.7. The fourth-order valence-electron chi connectivity index (χ4n) is 4.04. The molecule has 0 unspecified atom stereocenters. The summed E-state index contributed by atoms with van der Waals surface area (Å²) in [5.41, 5.74) is 2.07. The zero-order chi connectivity index (χ0) is 21.5. The first-order chi connectivity index (χ1) is 15.0. The Hall–Kier alpha value is -3.72. The first-order valence-corrected chi connectivity index (χ1v) is 9.94. The van der Waals surface area contributed by atoms with Crippen LogP contribution in [0.1, 0.15) is 20.7 Å². The van der Waals surface area contributed by atoms with Gasteiger partial charge in [-0.15, -0.1) is 0 Å². The van der Waals surface area contributed by atoms with Crippen LogP contribution < -0.4 is 9.80 Å². The Bertz CT molecular complexity index is 1050. The number of imide groups is 1. The number of cyclic esters (lactones) is 1. The zero-order valence-corrected chi connectivity index (χ0v) is 16.5. The van der Waals surface area contributed by atoms with Gasteiger partial charge in [0, 0.05) is 17.9 Å². The van der Waals surface area contributed by atoms with Crippen molar-refractivity contribution in [3.63, 3.8) is 0 Å². The van der Waals surface area contributed by atoms with Gasteiger partial charge in [0.15, 0.2) is 0 Å². The van der Waals surface area contributed by atoms with E-state index in [1.807, 2.05) is 0 Å². The summed E-state index contributed by atoms with van der Waals surface area (Å²) in [6.07, 6.45) is -1.17. The molecule has 0 radical (unpaired) electrons. The molecule has 9 nitrogen and oxygen atoms in total. The largest absolute Gasteiger partial charge is 0.442 e. The van der Waals surface area contributed by atoms with Crippen molar-refractivity contribution < 1.29 is 28.7 Å². The van der Waals surface area contributed by atoms with E-state index >= 15 is 0 Å². The number of nitrogens with zero attached hydrogens (tertiary/aromatic N) is 3. The second-order valence-corrected chi connectivity index (χ2v) is 7.50. The average Bonchev–Trinajstić information content (AvgIpc) is 3.27. The van der Waals surface area contributed by atoms with Crippen molar-refractivity contribution in [3.8, 4) is 0 Å². The molecule has 3 heterocycles. The van der Waals surface area contributed by atoms with Gasteiger partial charge in [-0.1, -0.05) is 12.1 Å². The number of morpholine rings is 1. The van der Waals surface area contributed by atoms with Gasteiger partial charge in [0.2, 0.25) is 0 Å². The highest BCUT2D eigenvalue weighted by molar-refractivity contribution is 6.21. The van der Waals surface area contributed by atoms with Crippen LogP contribution in [0, 0.1) is 0 Å². The summed E-state index contributed by atoms with van der Waals surface area (Å²) < 4.78 is 10.6. The van der Waals surface area contributed by atoms with Gasteiger partial charge in [0.25, 0.3) is 17.7 Å². The molecular weight excluding hydrogens is 402 g/mol. The lowest BCUT2D eigenvalue weighted by atomic mass is 10.1. The van der Waals surface area contributed by atoms with Crippen molar-refractivity contribution in [1.82, 2.24) is 4.90 Å². The molecule has 2 saturated heterocycles. The number of carbonyl (C=O) groups excluding carboxylic acids is 4. The highest BCUT2D eigenvalue weighted by Gasteiger charge is 2.40. The topological polar surface area (TPSA) is 96.5 Å². The minimum Gasteiger partial charge on any atom is -0.442 e. The standard InChI is InChI=1S/C22H19N3O6/c26-19-13-30-10-9-23(19)14-5-7-15(8-6-14)24-11-16(31-22(24)29)12-25-20(27)17-3-1-2-4-18(17)21(25)28/h1-8,16H,9-13H2/t16-/m0/s1. The molecule has 0 spiro atoms. The van der Waals surface area contributed by atoms with Gasteiger partial charge in [-0.3, -0.25) is 24.2 Å². The van der Waals surface area contributed by atoms with Crippen LogP contribution in [0.2, 0.25) is 0 Å². The number of benzene rings is 2. The van der Waals surface area contributed by atoms with E-state index in [-0.39, 0.29) is 37.4 Å². The summed E-state index contributed by atoms with van der Waals surface area (Å²) in [4.78, 5) is 53.7.